The molecule has 1 aromatic heterocycles. The minimum atomic E-state index is -0.597. The van der Waals surface area contributed by atoms with E-state index in [-0.39, 0.29) is 23.3 Å². The second-order valence-corrected chi connectivity index (χ2v) is 5.16. The van der Waals surface area contributed by atoms with Crippen molar-refractivity contribution in [2.45, 2.75) is 6.61 Å². The van der Waals surface area contributed by atoms with Crippen LogP contribution in [-0.2, 0) is 6.61 Å². The first-order valence-electron chi connectivity index (χ1n) is 5.28. The van der Waals surface area contributed by atoms with Gasteiger partial charge in [-0.2, -0.15) is 0 Å². The number of thiophene rings is 1. The fourth-order valence-electron chi connectivity index (χ4n) is 1.39. The van der Waals surface area contributed by atoms with E-state index in [0.29, 0.717) is 4.88 Å². The molecule has 0 radical (unpaired) electrons. The number of nitrogen functional groups attached to an aromatic ring is 1. The lowest BCUT2D eigenvalue weighted by Gasteiger charge is -2.06. The summed E-state index contributed by atoms with van der Waals surface area (Å²) in [5.41, 5.74) is 2.04. The Bertz CT molecular complexity index is 603. The van der Waals surface area contributed by atoms with Crippen molar-refractivity contribution in [1.29, 1.82) is 0 Å². The molecule has 0 saturated heterocycles. The van der Waals surface area contributed by atoms with Gasteiger partial charge in [-0.1, -0.05) is 17.7 Å². The number of hydrazine groups is 1. The molecule has 0 atom stereocenters. The number of benzene rings is 1. The van der Waals surface area contributed by atoms with E-state index in [0.717, 1.165) is 4.88 Å². The molecule has 0 spiro atoms. The highest BCUT2D eigenvalue weighted by molar-refractivity contribution is 7.14. The van der Waals surface area contributed by atoms with E-state index >= 15 is 0 Å². The Hall–Kier alpha value is -1.63. The van der Waals surface area contributed by atoms with Crippen LogP contribution >= 0.6 is 22.9 Å². The van der Waals surface area contributed by atoms with Crippen LogP contribution < -0.4 is 16.0 Å². The third kappa shape index (κ3) is 3.23. The molecule has 0 fully saturated rings. The van der Waals surface area contributed by atoms with Gasteiger partial charge >= 0.3 is 0 Å². The molecule has 0 aliphatic carbocycles. The normalized spacial score (nSPS) is 10.3. The van der Waals surface area contributed by atoms with Gasteiger partial charge in [0.1, 0.15) is 6.61 Å². The first-order valence-corrected chi connectivity index (χ1v) is 6.47. The highest BCUT2D eigenvalue weighted by Crippen LogP contribution is 2.26. The highest BCUT2D eigenvalue weighted by Gasteiger charge is 2.10. The zero-order valence-electron chi connectivity index (χ0n) is 9.65. The van der Waals surface area contributed by atoms with Gasteiger partial charge in [0, 0.05) is 4.88 Å². The van der Waals surface area contributed by atoms with Crippen LogP contribution in [0.25, 0.3) is 0 Å². The maximum Gasteiger partial charge on any atom is 0.275 e. The summed E-state index contributed by atoms with van der Waals surface area (Å²) in [7, 11) is 0. The molecule has 0 unspecified atom stereocenters. The number of carbonyl (C=O) groups is 1. The molecule has 1 amide bonds. The average Bonchev–Trinajstić information content (AvgIpc) is 2.88. The first kappa shape index (κ1) is 13.8. The fourth-order valence-corrected chi connectivity index (χ4v) is 2.38. The number of hydrogen-bond acceptors (Lipinski definition) is 4. The number of amides is 1. The van der Waals surface area contributed by atoms with Crippen molar-refractivity contribution in [2.75, 3.05) is 0 Å². The van der Waals surface area contributed by atoms with Gasteiger partial charge in [-0.05, 0) is 24.3 Å². The lowest BCUT2D eigenvalue weighted by molar-refractivity contribution is 0.0957. The van der Waals surface area contributed by atoms with Crippen molar-refractivity contribution in [3.63, 3.8) is 0 Å². The molecule has 0 saturated carbocycles. The summed E-state index contributed by atoms with van der Waals surface area (Å²) in [5.74, 6) is 4.13. The van der Waals surface area contributed by atoms with Gasteiger partial charge in [0.15, 0.2) is 11.6 Å². The van der Waals surface area contributed by atoms with E-state index in [2.05, 4.69) is 0 Å². The van der Waals surface area contributed by atoms with Crippen LogP contribution in [0.1, 0.15) is 14.5 Å². The molecule has 19 heavy (non-hydrogen) atoms. The lowest BCUT2D eigenvalue weighted by atomic mass is 10.3. The highest BCUT2D eigenvalue weighted by atomic mass is 35.5. The van der Waals surface area contributed by atoms with Crippen LogP contribution in [0.15, 0.2) is 30.3 Å². The van der Waals surface area contributed by atoms with Crippen LogP contribution in [0.2, 0.25) is 5.02 Å². The zero-order chi connectivity index (χ0) is 13.8. The predicted molar refractivity (Wildman–Crippen MR) is 71.7 cm³/mol. The van der Waals surface area contributed by atoms with E-state index in [1.165, 1.54) is 23.5 Å². The van der Waals surface area contributed by atoms with Crippen molar-refractivity contribution in [1.82, 2.24) is 5.43 Å². The Morgan fingerprint density at radius 1 is 1.42 bits per heavy atom. The number of hydrogen-bond donors (Lipinski definition) is 2. The molecule has 4 nitrogen and oxygen atoms in total. The fraction of sp³-hybridized carbons (Fsp3) is 0.0833. The van der Waals surface area contributed by atoms with Gasteiger partial charge in [-0.3, -0.25) is 10.2 Å². The SMILES string of the molecule is NNC(=O)c1ccc(COc2cccc(Cl)c2F)s1. The van der Waals surface area contributed by atoms with Crippen molar-refractivity contribution >= 4 is 28.8 Å². The summed E-state index contributed by atoms with van der Waals surface area (Å²) in [6.45, 7) is 0.153. The number of halogens is 2. The number of nitrogens with two attached hydrogens (primary N) is 1. The molecule has 0 bridgehead atoms. The molecule has 0 aliphatic heterocycles. The summed E-state index contributed by atoms with van der Waals surface area (Å²) in [4.78, 5) is 12.5. The Labute approximate surface area is 117 Å². The van der Waals surface area contributed by atoms with Crippen LogP contribution in [0.3, 0.4) is 0 Å². The number of rotatable bonds is 4. The smallest absolute Gasteiger partial charge is 0.275 e. The molecule has 7 heteroatoms. The Morgan fingerprint density at radius 2 is 2.21 bits per heavy atom. The zero-order valence-corrected chi connectivity index (χ0v) is 11.2. The largest absolute Gasteiger partial charge is 0.485 e. The van der Waals surface area contributed by atoms with Gasteiger partial charge in [-0.25, -0.2) is 10.2 Å². The molecule has 1 heterocycles. The van der Waals surface area contributed by atoms with Gasteiger partial charge in [0.2, 0.25) is 0 Å². The van der Waals surface area contributed by atoms with Crippen LogP contribution in [-0.4, -0.2) is 5.91 Å². The quantitative estimate of drug-likeness (QED) is 0.518. The van der Waals surface area contributed by atoms with Gasteiger partial charge in [-0.15, -0.1) is 11.3 Å². The Kier molecular flexibility index (Phi) is 4.36. The van der Waals surface area contributed by atoms with E-state index < -0.39 is 5.82 Å². The van der Waals surface area contributed by atoms with Crippen molar-refractivity contribution < 1.29 is 13.9 Å². The number of carbonyl (C=O) groups excluding carboxylic acids is 1. The maximum absolute atomic E-state index is 13.6. The van der Waals surface area contributed by atoms with E-state index in [1.807, 2.05) is 5.43 Å². The number of nitrogens with one attached hydrogen (secondary N) is 1. The van der Waals surface area contributed by atoms with Crippen molar-refractivity contribution in [2.24, 2.45) is 5.84 Å². The van der Waals surface area contributed by atoms with E-state index in [9.17, 15) is 9.18 Å². The summed E-state index contributed by atoms with van der Waals surface area (Å²) >= 11 is 6.86. The van der Waals surface area contributed by atoms with E-state index in [4.69, 9.17) is 22.2 Å². The summed E-state index contributed by atoms with van der Waals surface area (Å²) in [6.07, 6.45) is 0. The Morgan fingerprint density at radius 3 is 2.95 bits per heavy atom. The topological polar surface area (TPSA) is 64.3 Å². The average molecular weight is 301 g/mol. The maximum atomic E-state index is 13.6. The molecule has 3 N–H and O–H groups in total. The molecule has 2 aromatic rings. The second-order valence-electron chi connectivity index (χ2n) is 3.58. The monoisotopic (exact) mass is 300 g/mol. The van der Waals surface area contributed by atoms with E-state index in [1.54, 1.807) is 18.2 Å². The van der Waals surface area contributed by atoms with Crippen molar-refractivity contribution in [3.05, 3.63) is 50.9 Å². The summed E-state index contributed by atoms with van der Waals surface area (Å²) < 4.78 is 18.9. The summed E-state index contributed by atoms with van der Waals surface area (Å²) in [6, 6.07) is 7.88. The van der Waals surface area contributed by atoms with Gasteiger partial charge < -0.3 is 4.74 Å². The minimum absolute atomic E-state index is 0.00637. The standard InChI is InChI=1S/C12H10ClFN2O2S/c13-8-2-1-3-9(11(8)14)18-6-7-4-5-10(19-7)12(17)16-15/h1-5H,6,15H2,(H,16,17). The molecule has 100 valence electrons. The van der Waals surface area contributed by atoms with Crippen molar-refractivity contribution in [3.8, 4) is 5.75 Å². The third-order valence-corrected chi connectivity index (χ3v) is 3.65. The molecule has 2 rings (SSSR count). The molecular weight excluding hydrogens is 291 g/mol. The van der Waals surface area contributed by atoms with Crippen LogP contribution in [0.5, 0.6) is 5.75 Å². The number of ether oxygens (including phenoxy) is 1. The lowest BCUT2D eigenvalue weighted by Crippen LogP contribution is -2.29. The molecular formula is C12H10ClFN2O2S. The summed E-state index contributed by atoms with van der Waals surface area (Å²) in [5, 5.41) is 0.00637. The minimum Gasteiger partial charge on any atom is -0.485 e. The first-order chi connectivity index (χ1) is 9.11. The van der Waals surface area contributed by atoms with Crippen LogP contribution in [0, 0.1) is 5.82 Å². The molecule has 1 aromatic carbocycles. The van der Waals surface area contributed by atoms with Gasteiger partial charge in [0.05, 0.1) is 9.90 Å². The van der Waals surface area contributed by atoms with Crippen LogP contribution in [0.4, 0.5) is 4.39 Å². The molecule has 0 aliphatic rings. The second kappa shape index (κ2) is 6.01. The Balaban J connectivity index is 2.04. The van der Waals surface area contributed by atoms with Gasteiger partial charge in [0.25, 0.3) is 5.91 Å². The predicted octanol–water partition coefficient (Wildman–Crippen LogP) is 2.72. The third-order valence-electron chi connectivity index (χ3n) is 2.30.